The molecule has 0 spiro atoms. The summed E-state index contributed by atoms with van der Waals surface area (Å²) < 4.78 is 0.505. The van der Waals surface area contributed by atoms with Gasteiger partial charge in [0.2, 0.25) is 5.91 Å². The molecule has 0 aliphatic heterocycles. The van der Waals surface area contributed by atoms with Crippen LogP contribution in [0.25, 0.3) is 0 Å². The second-order valence-corrected chi connectivity index (χ2v) is 6.23. The number of carbonyl (C=O) groups excluding carboxylic acids is 1. The number of amides is 1. The van der Waals surface area contributed by atoms with Crippen LogP contribution in [0.1, 0.15) is 23.2 Å². The maximum atomic E-state index is 12.3. The average Bonchev–Trinajstić information content (AvgIpc) is 3.03. The van der Waals surface area contributed by atoms with Crippen molar-refractivity contribution in [2.45, 2.75) is 12.8 Å². The zero-order valence-electron chi connectivity index (χ0n) is 10.7. The highest BCUT2D eigenvalue weighted by molar-refractivity contribution is 9.10. The molecule has 0 saturated heterocycles. The smallest absolute Gasteiger partial charge is 0.336 e. The lowest BCUT2D eigenvalue weighted by Gasteiger charge is -2.17. The highest BCUT2D eigenvalue weighted by Crippen LogP contribution is 2.43. The van der Waals surface area contributed by atoms with Gasteiger partial charge in [-0.1, -0.05) is 12.2 Å². The van der Waals surface area contributed by atoms with Gasteiger partial charge >= 0.3 is 5.97 Å². The van der Waals surface area contributed by atoms with Crippen LogP contribution in [0, 0.1) is 17.8 Å². The number of benzene rings is 1. The van der Waals surface area contributed by atoms with Crippen molar-refractivity contribution in [3.05, 3.63) is 40.4 Å². The van der Waals surface area contributed by atoms with Gasteiger partial charge < -0.3 is 10.4 Å². The minimum Gasteiger partial charge on any atom is -0.478 e. The lowest BCUT2D eigenvalue weighted by molar-refractivity contribution is -0.120. The van der Waals surface area contributed by atoms with Crippen LogP contribution in [-0.2, 0) is 4.79 Å². The average molecular weight is 336 g/mol. The van der Waals surface area contributed by atoms with Gasteiger partial charge in [0.05, 0.1) is 5.56 Å². The van der Waals surface area contributed by atoms with Crippen LogP contribution >= 0.6 is 15.9 Å². The fourth-order valence-electron chi connectivity index (χ4n) is 3.08. The van der Waals surface area contributed by atoms with Gasteiger partial charge in [0.25, 0.3) is 0 Å². The molecule has 3 atom stereocenters. The van der Waals surface area contributed by atoms with Gasteiger partial charge in [-0.2, -0.15) is 0 Å². The van der Waals surface area contributed by atoms with Crippen LogP contribution in [0.3, 0.4) is 0 Å². The molecule has 2 bridgehead atoms. The van der Waals surface area contributed by atoms with Crippen molar-refractivity contribution < 1.29 is 14.7 Å². The summed E-state index contributed by atoms with van der Waals surface area (Å²) in [6, 6.07) is 4.82. The number of carboxylic acid groups (broad SMARTS) is 1. The van der Waals surface area contributed by atoms with Crippen molar-refractivity contribution in [3.63, 3.8) is 0 Å². The molecule has 1 aromatic carbocycles. The fourth-order valence-corrected chi connectivity index (χ4v) is 3.50. The number of hydrogen-bond acceptors (Lipinski definition) is 2. The van der Waals surface area contributed by atoms with Gasteiger partial charge in [-0.15, -0.1) is 0 Å². The number of aromatic carboxylic acids is 1. The Morgan fingerprint density at radius 3 is 2.65 bits per heavy atom. The van der Waals surface area contributed by atoms with E-state index in [4.69, 9.17) is 5.11 Å². The molecule has 1 aromatic rings. The summed E-state index contributed by atoms with van der Waals surface area (Å²) in [4.78, 5) is 23.3. The molecule has 3 rings (SSSR count). The third kappa shape index (κ3) is 2.38. The van der Waals surface area contributed by atoms with Gasteiger partial charge in [-0.05, 0) is 58.8 Å². The van der Waals surface area contributed by atoms with E-state index in [1.807, 2.05) is 0 Å². The molecule has 2 aliphatic rings. The first kappa shape index (κ1) is 13.4. The van der Waals surface area contributed by atoms with Gasteiger partial charge in [-0.25, -0.2) is 4.79 Å². The molecule has 5 heteroatoms. The maximum absolute atomic E-state index is 12.3. The maximum Gasteiger partial charge on any atom is 0.336 e. The van der Waals surface area contributed by atoms with E-state index in [-0.39, 0.29) is 17.4 Å². The minimum absolute atomic E-state index is 0.0134. The van der Waals surface area contributed by atoms with Crippen LogP contribution in [0.15, 0.2) is 34.8 Å². The van der Waals surface area contributed by atoms with E-state index in [0.29, 0.717) is 22.0 Å². The largest absolute Gasteiger partial charge is 0.478 e. The van der Waals surface area contributed by atoms with Gasteiger partial charge in [0.15, 0.2) is 0 Å². The van der Waals surface area contributed by atoms with Gasteiger partial charge in [-0.3, -0.25) is 4.79 Å². The number of fused-ring (bicyclic) bond motifs is 2. The Labute approximate surface area is 125 Å². The van der Waals surface area contributed by atoms with Gasteiger partial charge in [0.1, 0.15) is 0 Å². The predicted molar refractivity (Wildman–Crippen MR) is 78.6 cm³/mol. The SMILES string of the molecule is O=C(O)c1cc(NC(=O)C2CC3C=CC2C3)ccc1Br. The summed E-state index contributed by atoms with van der Waals surface area (Å²) in [7, 11) is 0. The van der Waals surface area contributed by atoms with E-state index in [2.05, 4.69) is 33.4 Å². The highest BCUT2D eigenvalue weighted by atomic mass is 79.9. The number of allylic oxidation sites excluding steroid dienone is 2. The quantitative estimate of drug-likeness (QED) is 0.833. The first-order valence-electron chi connectivity index (χ1n) is 6.56. The molecule has 0 aromatic heterocycles. The predicted octanol–water partition coefficient (Wildman–Crippen LogP) is 3.30. The molecular formula is C15H14BrNO3. The molecule has 1 amide bonds. The van der Waals surface area contributed by atoms with Crippen LogP contribution in [0.4, 0.5) is 5.69 Å². The summed E-state index contributed by atoms with van der Waals surface area (Å²) in [6.45, 7) is 0. The van der Waals surface area contributed by atoms with Crippen LogP contribution in [-0.4, -0.2) is 17.0 Å². The van der Waals surface area contributed by atoms with Crippen LogP contribution in [0.5, 0.6) is 0 Å². The zero-order valence-corrected chi connectivity index (χ0v) is 12.3. The number of carbonyl (C=O) groups is 2. The van der Waals surface area contributed by atoms with E-state index in [0.717, 1.165) is 12.8 Å². The van der Waals surface area contributed by atoms with E-state index < -0.39 is 5.97 Å². The van der Waals surface area contributed by atoms with Crippen LogP contribution in [0.2, 0.25) is 0 Å². The lowest BCUT2D eigenvalue weighted by Crippen LogP contribution is -2.26. The van der Waals surface area contributed by atoms with Crippen molar-refractivity contribution in [1.82, 2.24) is 0 Å². The normalized spacial score (nSPS) is 26.8. The van der Waals surface area contributed by atoms with Crippen molar-refractivity contribution in [3.8, 4) is 0 Å². The van der Waals surface area contributed by atoms with E-state index in [1.54, 1.807) is 12.1 Å². The molecule has 104 valence electrons. The first-order chi connectivity index (χ1) is 9.54. The molecule has 3 unspecified atom stereocenters. The Balaban J connectivity index is 1.75. The molecule has 1 fully saturated rings. The van der Waals surface area contributed by atoms with Gasteiger partial charge in [0, 0.05) is 16.1 Å². The summed E-state index contributed by atoms with van der Waals surface area (Å²) in [5, 5.41) is 11.9. The van der Waals surface area contributed by atoms with E-state index in [9.17, 15) is 9.59 Å². The Morgan fingerprint density at radius 1 is 1.25 bits per heavy atom. The monoisotopic (exact) mass is 335 g/mol. The second kappa shape index (κ2) is 5.05. The first-order valence-corrected chi connectivity index (χ1v) is 7.36. The third-order valence-electron chi connectivity index (χ3n) is 4.08. The minimum atomic E-state index is -1.02. The number of hydrogen-bond donors (Lipinski definition) is 2. The van der Waals surface area contributed by atoms with Crippen molar-refractivity contribution in [2.24, 2.45) is 17.8 Å². The van der Waals surface area contributed by atoms with Crippen molar-refractivity contribution in [2.75, 3.05) is 5.32 Å². The van der Waals surface area contributed by atoms with E-state index in [1.165, 1.54) is 6.07 Å². The molecule has 4 nitrogen and oxygen atoms in total. The number of nitrogens with one attached hydrogen (secondary N) is 1. The van der Waals surface area contributed by atoms with Crippen LogP contribution < -0.4 is 5.32 Å². The summed E-state index contributed by atoms with van der Waals surface area (Å²) in [6.07, 6.45) is 6.29. The molecule has 2 N–H and O–H groups in total. The van der Waals surface area contributed by atoms with Crippen molar-refractivity contribution >= 4 is 33.5 Å². The Kier molecular flexibility index (Phi) is 3.38. The molecule has 0 radical (unpaired) electrons. The lowest BCUT2D eigenvalue weighted by atomic mass is 9.93. The Hall–Kier alpha value is -1.62. The highest BCUT2D eigenvalue weighted by Gasteiger charge is 2.39. The zero-order chi connectivity index (χ0) is 14.3. The second-order valence-electron chi connectivity index (χ2n) is 5.38. The number of carboxylic acids is 1. The summed E-state index contributed by atoms with van der Waals surface area (Å²) in [5.74, 6) is -0.136. The summed E-state index contributed by atoms with van der Waals surface area (Å²) in [5.41, 5.74) is 0.679. The molecule has 1 saturated carbocycles. The number of rotatable bonds is 3. The molecule has 20 heavy (non-hydrogen) atoms. The summed E-state index contributed by atoms with van der Waals surface area (Å²) >= 11 is 3.19. The molecule has 2 aliphatic carbocycles. The van der Waals surface area contributed by atoms with Crippen molar-refractivity contribution in [1.29, 1.82) is 0 Å². The fraction of sp³-hybridized carbons (Fsp3) is 0.333. The standard InChI is InChI=1S/C15H14BrNO3/c16-13-4-3-10(7-12(13)15(19)20)17-14(18)11-6-8-1-2-9(11)5-8/h1-4,7-9,11H,5-6H2,(H,17,18)(H,19,20). The Bertz CT molecular complexity index is 611. The molecule has 0 heterocycles. The van der Waals surface area contributed by atoms with E-state index >= 15 is 0 Å². The Morgan fingerprint density at radius 2 is 2.05 bits per heavy atom. The number of halogens is 1. The topological polar surface area (TPSA) is 66.4 Å². The number of anilines is 1. The molecular weight excluding hydrogens is 322 g/mol. The third-order valence-corrected chi connectivity index (χ3v) is 4.77.